The molecular formula is C19H22N2OS. The molecule has 2 aliphatic rings. The predicted octanol–water partition coefficient (Wildman–Crippen LogP) is 4.91. The Morgan fingerprint density at radius 2 is 1.96 bits per heavy atom. The molecule has 1 aromatic carbocycles. The predicted molar refractivity (Wildman–Crippen MR) is 95.5 cm³/mol. The molecule has 2 aromatic rings. The number of hydrogen-bond donors (Lipinski definition) is 1. The molecule has 2 atom stereocenters. The van der Waals surface area contributed by atoms with E-state index in [1.807, 2.05) is 11.4 Å². The van der Waals surface area contributed by atoms with Gasteiger partial charge < -0.3 is 5.21 Å². The minimum absolute atomic E-state index is 0.608. The van der Waals surface area contributed by atoms with Crippen molar-refractivity contribution in [2.75, 3.05) is 6.54 Å². The Bertz CT molecular complexity index is 692. The summed E-state index contributed by atoms with van der Waals surface area (Å²) in [5.74, 6) is 0. The Labute approximate surface area is 141 Å². The van der Waals surface area contributed by atoms with Crippen LogP contribution >= 0.6 is 11.3 Å². The van der Waals surface area contributed by atoms with Gasteiger partial charge in [0.1, 0.15) is 0 Å². The molecule has 2 saturated heterocycles. The maximum absolute atomic E-state index is 8.78. The first-order valence-electron chi connectivity index (χ1n) is 8.48. The molecule has 2 unspecified atom stereocenters. The smallest absolute Gasteiger partial charge is 0.0748 e. The zero-order valence-corrected chi connectivity index (χ0v) is 14.0. The topological polar surface area (TPSA) is 35.8 Å². The van der Waals surface area contributed by atoms with E-state index in [1.54, 1.807) is 11.3 Å². The molecule has 4 rings (SSSR count). The van der Waals surface area contributed by atoms with Gasteiger partial charge in [-0.25, -0.2) is 0 Å². The molecule has 0 aliphatic carbocycles. The minimum Gasteiger partial charge on any atom is -0.411 e. The molecule has 3 heterocycles. The van der Waals surface area contributed by atoms with E-state index < -0.39 is 0 Å². The third kappa shape index (κ3) is 2.81. The summed E-state index contributed by atoms with van der Waals surface area (Å²) in [6, 6.07) is 12.4. The summed E-state index contributed by atoms with van der Waals surface area (Å²) < 4.78 is 0. The second kappa shape index (κ2) is 6.46. The fourth-order valence-corrected chi connectivity index (χ4v) is 5.07. The molecule has 2 aliphatic heterocycles. The van der Waals surface area contributed by atoms with Gasteiger partial charge in [-0.1, -0.05) is 35.8 Å². The zero-order chi connectivity index (χ0) is 15.6. The van der Waals surface area contributed by atoms with Crippen LogP contribution in [0.5, 0.6) is 0 Å². The lowest BCUT2D eigenvalue weighted by Crippen LogP contribution is -2.35. The van der Waals surface area contributed by atoms with Crippen molar-refractivity contribution in [1.82, 2.24) is 4.90 Å². The molecule has 0 spiro atoms. The first kappa shape index (κ1) is 14.9. The summed E-state index contributed by atoms with van der Waals surface area (Å²) >= 11 is 1.69. The second-order valence-electron chi connectivity index (χ2n) is 6.55. The Hall–Kier alpha value is -1.65. The highest BCUT2D eigenvalue weighted by Gasteiger charge is 2.35. The van der Waals surface area contributed by atoms with Gasteiger partial charge >= 0.3 is 0 Å². The average Bonchev–Trinajstić information content (AvgIpc) is 3.22. The molecule has 4 heteroatoms. The summed E-state index contributed by atoms with van der Waals surface area (Å²) in [6.07, 6.45) is 8.30. The first-order chi connectivity index (χ1) is 11.4. The van der Waals surface area contributed by atoms with Gasteiger partial charge in [-0.05, 0) is 54.8 Å². The summed E-state index contributed by atoms with van der Waals surface area (Å²) in [7, 11) is 0. The molecule has 0 amide bonds. The van der Waals surface area contributed by atoms with Crippen LogP contribution < -0.4 is 0 Å². The van der Waals surface area contributed by atoms with Gasteiger partial charge in [0.15, 0.2) is 0 Å². The first-order valence-corrected chi connectivity index (χ1v) is 9.36. The van der Waals surface area contributed by atoms with Crippen molar-refractivity contribution in [2.45, 2.75) is 44.2 Å². The molecule has 0 bridgehead atoms. The van der Waals surface area contributed by atoms with Crippen molar-refractivity contribution in [2.24, 2.45) is 5.16 Å². The van der Waals surface area contributed by atoms with Crippen molar-refractivity contribution in [3.8, 4) is 10.4 Å². The highest BCUT2D eigenvalue weighted by atomic mass is 32.1. The number of thiophene rings is 1. The van der Waals surface area contributed by atoms with Gasteiger partial charge in [-0.15, -0.1) is 11.3 Å². The van der Waals surface area contributed by atoms with E-state index in [9.17, 15) is 0 Å². The van der Waals surface area contributed by atoms with Crippen LogP contribution in [-0.2, 0) is 0 Å². The highest BCUT2D eigenvalue weighted by Crippen LogP contribution is 2.41. The van der Waals surface area contributed by atoms with Crippen LogP contribution in [0.1, 0.15) is 49.3 Å². The van der Waals surface area contributed by atoms with E-state index in [0.29, 0.717) is 6.04 Å². The second-order valence-corrected chi connectivity index (χ2v) is 7.47. The SMILES string of the molecule is ON=Cc1ccsc1-c1ccc(C2CCC3CCCCN32)cc1. The van der Waals surface area contributed by atoms with Crippen molar-refractivity contribution >= 4 is 17.6 Å². The van der Waals surface area contributed by atoms with Crippen LogP contribution in [0.15, 0.2) is 40.9 Å². The lowest BCUT2D eigenvalue weighted by molar-refractivity contribution is 0.150. The van der Waals surface area contributed by atoms with Gasteiger partial charge in [0.05, 0.1) is 6.21 Å². The zero-order valence-electron chi connectivity index (χ0n) is 13.2. The Morgan fingerprint density at radius 1 is 1.09 bits per heavy atom. The monoisotopic (exact) mass is 326 g/mol. The van der Waals surface area contributed by atoms with E-state index in [2.05, 4.69) is 34.3 Å². The fourth-order valence-electron chi connectivity index (χ4n) is 4.19. The minimum atomic E-state index is 0.608. The van der Waals surface area contributed by atoms with E-state index in [1.165, 1.54) is 56.0 Å². The average molecular weight is 326 g/mol. The van der Waals surface area contributed by atoms with Gasteiger partial charge in [0.2, 0.25) is 0 Å². The van der Waals surface area contributed by atoms with Crippen LogP contribution in [0.4, 0.5) is 0 Å². The quantitative estimate of drug-likeness (QED) is 0.494. The highest BCUT2D eigenvalue weighted by molar-refractivity contribution is 7.14. The Kier molecular flexibility index (Phi) is 4.19. The maximum atomic E-state index is 8.78. The van der Waals surface area contributed by atoms with Crippen molar-refractivity contribution in [3.05, 3.63) is 46.8 Å². The molecule has 1 N–H and O–H groups in total. The van der Waals surface area contributed by atoms with Crippen LogP contribution in [0.25, 0.3) is 10.4 Å². The van der Waals surface area contributed by atoms with Crippen LogP contribution in [0, 0.1) is 0 Å². The van der Waals surface area contributed by atoms with Crippen LogP contribution in [0.2, 0.25) is 0 Å². The molecule has 23 heavy (non-hydrogen) atoms. The van der Waals surface area contributed by atoms with Crippen LogP contribution in [0.3, 0.4) is 0 Å². The molecule has 0 saturated carbocycles. The lowest BCUT2D eigenvalue weighted by atomic mass is 10.0. The van der Waals surface area contributed by atoms with Crippen LogP contribution in [-0.4, -0.2) is 28.9 Å². The van der Waals surface area contributed by atoms with E-state index in [0.717, 1.165) is 16.5 Å². The molecular weight excluding hydrogens is 304 g/mol. The number of oxime groups is 1. The number of fused-ring (bicyclic) bond motifs is 1. The van der Waals surface area contributed by atoms with Gasteiger partial charge in [0, 0.05) is 22.5 Å². The summed E-state index contributed by atoms with van der Waals surface area (Å²) in [5, 5.41) is 14.0. The summed E-state index contributed by atoms with van der Waals surface area (Å²) in [5.41, 5.74) is 3.63. The number of nitrogens with zero attached hydrogens (tertiary/aromatic N) is 2. The third-order valence-corrected chi connectivity index (χ3v) is 6.28. The standard InChI is InChI=1S/C19H22N2OS/c22-20-13-16-10-12-23-19(16)15-6-4-14(5-7-15)18-9-8-17-3-1-2-11-21(17)18/h4-7,10,12-13,17-18,22H,1-3,8-9,11H2. The third-order valence-electron chi connectivity index (χ3n) is 5.30. The fraction of sp³-hybridized carbons (Fsp3) is 0.421. The molecule has 120 valence electrons. The number of rotatable bonds is 3. The van der Waals surface area contributed by atoms with E-state index in [4.69, 9.17) is 5.21 Å². The summed E-state index contributed by atoms with van der Waals surface area (Å²) in [4.78, 5) is 3.89. The lowest BCUT2D eigenvalue weighted by Gasteiger charge is -2.34. The van der Waals surface area contributed by atoms with Gasteiger partial charge in [0.25, 0.3) is 0 Å². The van der Waals surface area contributed by atoms with Crippen molar-refractivity contribution < 1.29 is 5.21 Å². The van der Waals surface area contributed by atoms with Gasteiger partial charge in [-0.3, -0.25) is 4.90 Å². The van der Waals surface area contributed by atoms with Crippen molar-refractivity contribution in [3.63, 3.8) is 0 Å². The number of hydrogen-bond acceptors (Lipinski definition) is 4. The number of benzene rings is 1. The Morgan fingerprint density at radius 3 is 2.78 bits per heavy atom. The normalized spacial score (nSPS) is 25.0. The van der Waals surface area contributed by atoms with Gasteiger partial charge in [-0.2, -0.15) is 0 Å². The largest absolute Gasteiger partial charge is 0.411 e. The molecule has 1 aromatic heterocycles. The molecule has 2 fully saturated rings. The summed E-state index contributed by atoms with van der Waals surface area (Å²) in [6.45, 7) is 1.26. The molecule has 0 radical (unpaired) electrons. The van der Waals surface area contributed by atoms with Crippen molar-refractivity contribution in [1.29, 1.82) is 0 Å². The maximum Gasteiger partial charge on any atom is 0.0748 e. The molecule has 3 nitrogen and oxygen atoms in total. The Balaban J connectivity index is 1.57. The number of piperidine rings is 1. The van der Waals surface area contributed by atoms with E-state index >= 15 is 0 Å². The van der Waals surface area contributed by atoms with E-state index in [-0.39, 0.29) is 0 Å².